The molecule has 0 aromatic heterocycles. The number of aliphatic hydroxyl groups is 1. The van der Waals surface area contributed by atoms with Crippen LogP contribution in [0, 0.1) is 5.41 Å². The minimum atomic E-state index is -0.575. The maximum atomic E-state index is 10.3. The summed E-state index contributed by atoms with van der Waals surface area (Å²) in [5.74, 6) is 0. The molecule has 0 saturated carbocycles. The van der Waals surface area contributed by atoms with Crippen molar-refractivity contribution in [2.45, 2.75) is 32.9 Å². The SMILES string of the molecule is CC(C)(C)[C@@H](O)[C@@H](N)c1cccc(-c2ccccc2)c1.Cl. The lowest BCUT2D eigenvalue weighted by molar-refractivity contribution is 0.0401. The van der Waals surface area contributed by atoms with Gasteiger partial charge in [-0.15, -0.1) is 12.4 Å². The van der Waals surface area contributed by atoms with Crippen molar-refractivity contribution >= 4 is 12.4 Å². The van der Waals surface area contributed by atoms with Gasteiger partial charge < -0.3 is 10.8 Å². The molecule has 0 spiro atoms. The Morgan fingerprint density at radius 1 is 0.905 bits per heavy atom. The Morgan fingerprint density at radius 3 is 2.05 bits per heavy atom. The van der Waals surface area contributed by atoms with E-state index in [2.05, 4.69) is 24.3 Å². The van der Waals surface area contributed by atoms with E-state index in [4.69, 9.17) is 5.73 Å². The van der Waals surface area contributed by atoms with Crippen LogP contribution < -0.4 is 5.73 Å². The molecular formula is C18H24ClNO. The predicted octanol–water partition coefficient (Wildman–Crippen LogP) is 4.18. The van der Waals surface area contributed by atoms with Crippen LogP contribution in [0.25, 0.3) is 11.1 Å². The van der Waals surface area contributed by atoms with Crippen LogP contribution in [0.2, 0.25) is 0 Å². The van der Waals surface area contributed by atoms with E-state index in [1.807, 2.05) is 51.1 Å². The topological polar surface area (TPSA) is 46.2 Å². The molecule has 0 fully saturated rings. The molecule has 0 radical (unpaired) electrons. The maximum Gasteiger partial charge on any atom is 0.0780 e. The summed E-state index contributed by atoms with van der Waals surface area (Å²) in [6.45, 7) is 6.00. The molecule has 0 aliphatic heterocycles. The van der Waals surface area contributed by atoms with Crippen molar-refractivity contribution in [2.24, 2.45) is 11.1 Å². The largest absolute Gasteiger partial charge is 0.391 e. The van der Waals surface area contributed by atoms with Crippen LogP contribution in [-0.2, 0) is 0 Å². The van der Waals surface area contributed by atoms with Crippen LogP contribution in [0.15, 0.2) is 54.6 Å². The summed E-state index contributed by atoms with van der Waals surface area (Å²) in [6.07, 6.45) is -0.575. The minimum Gasteiger partial charge on any atom is -0.391 e. The van der Waals surface area contributed by atoms with Gasteiger partial charge in [0, 0.05) is 0 Å². The predicted molar refractivity (Wildman–Crippen MR) is 91.5 cm³/mol. The Balaban J connectivity index is 0.00000220. The van der Waals surface area contributed by atoms with E-state index in [1.54, 1.807) is 0 Å². The summed E-state index contributed by atoms with van der Waals surface area (Å²) in [6, 6.07) is 17.9. The standard InChI is InChI=1S/C18H23NO.ClH/c1-18(2,3)17(20)16(19)15-11-7-10-14(12-15)13-8-5-4-6-9-13;/h4-12,16-17,20H,19H2,1-3H3;1H/t16-,17-;/m0./s1. The van der Waals surface area contributed by atoms with Gasteiger partial charge in [0.2, 0.25) is 0 Å². The van der Waals surface area contributed by atoms with Crippen molar-refractivity contribution in [1.82, 2.24) is 0 Å². The molecule has 2 atom stereocenters. The third kappa shape index (κ3) is 4.31. The second kappa shape index (κ2) is 7.08. The van der Waals surface area contributed by atoms with Gasteiger partial charge in [0.25, 0.3) is 0 Å². The molecule has 0 bridgehead atoms. The van der Waals surface area contributed by atoms with E-state index in [1.165, 1.54) is 0 Å². The minimum absolute atomic E-state index is 0. The molecule has 3 N–H and O–H groups in total. The van der Waals surface area contributed by atoms with Gasteiger partial charge in [-0.2, -0.15) is 0 Å². The molecule has 21 heavy (non-hydrogen) atoms. The number of nitrogens with two attached hydrogens (primary N) is 1. The zero-order valence-electron chi connectivity index (χ0n) is 12.8. The molecule has 2 nitrogen and oxygen atoms in total. The van der Waals surface area contributed by atoms with E-state index in [0.29, 0.717) is 0 Å². The van der Waals surface area contributed by atoms with E-state index in [9.17, 15) is 5.11 Å². The Hall–Kier alpha value is -1.35. The van der Waals surface area contributed by atoms with E-state index in [-0.39, 0.29) is 23.9 Å². The molecule has 0 heterocycles. The van der Waals surface area contributed by atoms with E-state index < -0.39 is 6.10 Å². The Kier molecular flexibility index (Phi) is 5.97. The second-order valence-electron chi connectivity index (χ2n) is 6.33. The summed E-state index contributed by atoms with van der Waals surface area (Å²) in [5, 5.41) is 10.3. The van der Waals surface area contributed by atoms with Crippen molar-refractivity contribution in [3.8, 4) is 11.1 Å². The van der Waals surface area contributed by atoms with Crippen molar-refractivity contribution in [3.05, 3.63) is 60.2 Å². The summed E-state index contributed by atoms with van der Waals surface area (Å²) < 4.78 is 0. The molecule has 0 unspecified atom stereocenters. The third-order valence-corrected chi connectivity index (χ3v) is 3.61. The van der Waals surface area contributed by atoms with Gasteiger partial charge in [-0.3, -0.25) is 0 Å². The lowest BCUT2D eigenvalue weighted by Crippen LogP contribution is -2.36. The maximum absolute atomic E-state index is 10.3. The molecule has 114 valence electrons. The van der Waals surface area contributed by atoms with Gasteiger partial charge in [0.15, 0.2) is 0 Å². The first-order valence-corrected chi connectivity index (χ1v) is 6.98. The van der Waals surface area contributed by atoms with Gasteiger partial charge in [-0.25, -0.2) is 0 Å². The number of aliphatic hydroxyl groups excluding tert-OH is 1. The summed E-state index contributed by atoms with van der Waals surface area (Å²) in [4.78, 5) is 0. The van der Waals surface area contributed by atoms with Crippen LogP contribution in [0.4, 0.5) is 0 Å². The fraction of sp³-hybridized carbons (Fsp3) is 0.333. The average molecular weight is 306 g/mol. The number of rotatable bonds is 3. The van der Waals surface area contributed by atoms with Gasteiger partial charge in [-0.1, -0.05) is 69.3 Å². The van der Waals surface area contributed by atoms with Crippen LogP contribution in [-0.4, -0.2) is 11.2 Å². The van der Waals surface area contributed by atoms with Crippen molar-refractivity contribution in [1.29, 1.82) is 0 Å². The van der Waals surface area contributed by atoms with E-state index in [0.717, 1.165) is 16.7 Å². The first-order chi connectivity index (χ1) is 9.39. The van der Waals surface area contributed by atoms with Gasteiger partial charge in [0.05, 0.1) is 12.1 Å². The summed E-state index contributed by atoms with van der Waals surface area (Å²) in [7, 11) is 0. The second-order valence-corrected chi connectivity index (χ2v) is 6.33. The van der Waals surface area contributed by atoms with Crippen molar-refractivity contribution in [3.63, 3.8) is 0 Å². The fourth-order valence-electron chi connectivity index (χ4n) is 2.28. The van der Waals surface area contributed by atoms with Crippen molar-refractivity contribution in [2.75, 3.05) is 0 Å². The number of hydrogen-bond donors (Lipinski definition) is 2. The summed E-state index contributed by atoms with van der Waals surface area (Å²) >= 11 is 0. The lowest BCUT2D eigenvalue weighted by Gasteiger charge is -2.31. The van der Waals surface area contributed by atoms with Crippen LogP contribution in [0.1, 0.15) is 32.4 Å². The van der Waals surface area contributed by atoms with Gasteiger partial charge in [-0.05, 0) is 28.2 Å². The monoisotopic (exact) mass is 305 g/mol. The van der Waals surface area contributed by atoms with Gasteiger partial charge in [0.1, 0.15) is 0 Å². The summed E-state index contributed by atoms with van der Waals surface area (Å²) in [5.41, 5.74) is 9.24. The molecule has 0 aliphatic carbocycles. The highest BCUT2D eigenvalue weighted by atomic mass is 35.5. The smallest absolute Gasteiger partial charge is 0.0780 e. The number of hydrogen-bond acceptors (Lipinski definition) is 2. The van der Waals surface area contributed by atoms with Gasteiger partial charge >= 0.3 is 0 Å². The van der Waals surface area contributed by atoms with Crippen LogP contribution >= 0.6 is 12.4 Å². The van der Waals surface area contributed by atoms with Crippen LogP contribution in [0.3, 0.4) is 0 Å². The third-order valence-electron chi connectivity index (χ3n) is 3.61. The van der Waals surface area contributed by atoms with Crippen LogP contribution in [0.5, 0.6) is 0 Å². The van der Waals surface area contributed by atoms with Crippen molar-refractivity contribution < 1.29 is 5.11 Å². The highest BCUT2D eigenvalue weighted by molar-refractivity contribution is 5.85. The Labute approximate surface area is 133 Å². The first kappa shape index (κ1) is 17.7. The molecule has 0 aliphatic rings. The molecule has 0 saturated heterocycles. The fourth-order valence-corrected chi connectivity index (χ4v) is 2.28. The quantitative estimate of drug-likeness (QED) is 0.893. The zero-order valence-corrected chi connectivity index (χ0v) is 13.6. The Morgan fingerprint density at radius 2 is 1.48 bits per heavy atom. The number of halogens is 1. The van der Waals surface area contributed by atoms with E-state index >= 15 is 0 Å². The normalized spacial score (nSPS) is 14.1. The molecular weight excluding hydrogens is 282 g/mol. The zero-order chi connectivity index (χ0) is 14.8. The lowest BCUT2D eigenvalue weighted by atomic mass is 9.82. The first-order valence-electron chi connectivity index (χ1n) is 6.98. The molecule has 0 amide bonds. The highest BCUT2D eigenvalue weighted by Gasteiger charge is 2.29. The molecule has 2 rings (SSSR count). The molecule has 3 heteroatoms. The average Bonchev–Trinajstić information content (AvgIpc) is 2.46. The molecule has 2 aromatic carbocycles. The molecule has 2 aromatic rings. The Bertz CT molecular complexity index is 563. The highest BCUT2D eigenvalue weighted by Crippen LogP contribution is 2.30. The number of benzene rings is 2.